The van der Waals surface area contributed by atoms with E-state index in [1.807, 2.05) is 32.0 Å². The number of amides is 1. The van der Waals surface area contributed by atoms with Crippen LogP contribution in [0.4, 0.5) is 5.69 Å². The molecule has 30 heavy (non-hydrogen) atoms. The molecule has 0 spiro atoms. The summed E-state index contributed by atoms with van der Waals surface area (Å²) in [6, 6.07) is 8.83. The maximum absolute atomic E-state index is 13.0. The van der Waals surface area contributed by atoms with E-state index in [1.54, 1.807) is 6.07 Å². The molecular weight excluding hydrogens is 380 g/mol. The Morgan fingerprint density at radius 3 is 2.50 bits per heavy atom. The molecule has 1 aromatic carbocycles. The van der Waals surface area contributed by atoms with Gasteiger partial charge in [-0.05, 0) is 41.7 Å². The Morgan fingerprint density at radius 2 is 1.87 bits per heavy atom. The molecule has 0 saturated carbocycles. The number of hydrogen-bond acceptors (Lipinski definition) is 5. The fraction of sp³-hybridized carbons (Fsp3) is 0.318. The number of carbonyl (C=O) groups excluding carboxylic acids is 1. The highest BCUT2D eigenvalue weighted by molar-refractivity contribution is 5.91. The molecule has 2 heterocycles. The number of hydrogen-bond donors (Lipinski definition) is 3. The Balaban J connectivity index is 1.97. The highest BCUT2D eigenvalue weighted by atomic mass is 16.2. The molecule has 156 valence electrons. The van der Waals surface area contributed by atoms with Gasteiger partial charge in [0.1, 0.15) is 12.0 Å². The maximum atomic E-state index is 13.0. The second kappa shape index (κ2) is 8.44. The quantitative estimate of drug-likeness (QED) is 0.431. The molecule has 0 bridgehead atoms. The summed E-state index contributed by atoms with van der Waals surface area (Å²) in [5, 5.41) is 23.6. The molecule has 2 aromatic heterocycles. The molecule has 3 rings (SSSR count). The van der Waals surface area contributed by atoms with E-state index in [9.17, 15) is 9.59 Å². The van der Waals surface area contributed by atoms with E-state index in [2.05, 4.69) is 24.3 Å². The van der Waals surface area contributed by atoms with Gasteiger partial charge in [-0.3, -0.25) is 25.0 Å². The van der Waals surface area contributed by atoms with E-state index in [0.717, 1.165) is 23.0 Å². The maximum Gasteiger partial charge on any atom is 0.275 e. The third-order valence-electron chi connectivity index (χ3n) is 4.92. The smallest absolute Gasteiger partial charge is 0.275 e. The standard InChI is InChI=1S/C22H26N6O2/c1-13(2)15-5-7-17-18(9-15)21(14(3)4)26-28(22(17)30)11-20(29)25-16-6-8-19(24)27(10-16)12-23/h5-10,12-14,23-24H,11H2,1-4H3,(H,25,29). The van der Waals surface area contributed by atoms with E-state index in [0.29, 0.717) is 17.0 Å². The third kappa shape index (κ3) is 4.22. The number of fused-ring (bicyclic) bond motifs is 1. The molecule has 0 atom stereocenters. The van der Waals surface area contributed by atoms with Crippen LogP contribution in [0.25, 0.3) is 10.8 Å². The first kappa shape index (κ1) is 21.2. The molecule has 0 radical (unpaired) electrons. The van der Waals surface area contributed by atoms with E-state index >= 15 is 0 Å². The minimum Gasteiger partial charge on any atom is -0.323 e. The van der Waals surface area contributed by atoms with Gasteiger partial charge in [-0.15, -0.1) is 0 Å². The second-order valence-corrected chi connectivity index (χ2v) is 7.85. The van der Waals surface area contributed by atoms with Gasteiger partial charge in [-0.25, -0.2) is 4.68 Å². The minimum atomic E-state index is -0.410. The van der Waals surface area contributed by atoms with Crippen LogP contribution in [0.3, 0.4) is 0 Å². The first-order chi connectivity index (χ1) is 14.2. The molecule has 1 amide bonds. The number of pyridine rings is 1. The van der Waals surface area contributed by atoms with E-state index < -0.39 is 5.91 Å². The van der Waals surface area contributed by atoms with Crippen LogP contribution in [0, 0.1) is 10.8 Å². The first-order valence-corrected chi connectivity index (χ1v) is 9.83. The van der Waals surface area contributed by atoms with Gasteiger partial charge >= 0.3 is 0 Å². The Labute approximate surface area is 174 Å². The van der Waals surface area contributed by atoms with Gasteiger partial charge in [0.25, 0.3) is 5.56 Å². The summed E-state index contributed by atoms with van der Waals surface area (Å²) in [4.78, 5) is 25.5. The molecule has 0 aliphatic rings. The molecule has 3 aromatic rings. The van der Waals surface area contributed by atoms with Gasteiger partial charge in [0.15, 0.2) is 0 Å². The van der Waals surface area contributed by atoms with Gasteiger partial charge in [-0.1, -0.05) is 33.8 Å². The van der Waals surface area contributed by atoms with E-state index in [-0.39, 0.29) is 23.5 Å². The van der Waals surface area contributed by atoms with Gasteiger partial charge in [-0.2, -0.15) is 5.10 Å². The minimum absolute atomic E-state index is 0.0842. The topological polar surface area (TPSA) is 117 Å². The molecule has 0 fully saturated rings. The number of rotatable bonds is 6. The lowest BCUT2D eigenvalue weighted by molar-refractivity contribution is -0.117. The van der Waals surface area contributed by atoms with Crippen LogP contribution in [-0.2, 0) is 11.3 Å². The normalized spacial score (nSPS) is 11.3. The van der Waals surface area contributed by atoms with Gasteiger partial charge in [0.2, 0.25) is 5.91 Å². The molecule has 0 unspecified atom stereocenters. The van der Waals surface area contributed by atoms with Crippen molar-refractivity contribution >= 4 is 28.7 Å². The molecule has 8 heteroatoms. The summed E-state index contributed by atoms with van der Waals surface area (Å²) in [5.41, 5.74) is 2.16. The molecule has 8 nitrogen and oxygen atoms in total. The third-order valence-corrected chi connectivity index (χ3v) is 4.92. The zero-order valence-electron chi connectivity index (χ0n) is 17.6. The Morgan fingerprint density at radius 1 is 1.13 bits per heavy atom. The lowest BCUT2D eigenvalue weighted by Crippen LogP contribution is -2.31. The van der Waals surface area contributed by atoms with Gasteiger partial charge in [0.05, 0.1) is 23.1 Å². The highest BCUT2D eigenvalue weighted by Crippen LogP contribution is 2.25. The lowest BCUT2D eigenvalue weighted by atomic mass is 9.96. The zero-order valence-corrected chi connectivity index (χ0v) is 17.6. The van der Waals surface area contributed by atoms with Crippen LogP contribution in [0.1, 0.15) is 50.8 Å². The van der Waals surface area contributed by atoms with Crippen molar-refractivity contribution in [3.63, 3.8) is 0 Å². The van der Waals surface area contributed by atoms with Crippen LogP contribution >= 0.6 is 0 Å². The Bertz CT molecular complexity index is 1240. The van der Waals surface area contributed by atoms with Gasteiger partial charge in [0, 0.05) is 11.6 Å². The molecular formula is C22H26N6O2. The van der Waals surface area contributed by atoms with Crippen molar-refractivity contribution in [1.29, 1.82) is 10.8 Å². The summed E-state index contributed by atoms with van der Waals surface area (Å²) in [6.45, 7) is 8.00. The number of anilines is 1. The monoisotopic (exact) mass is 406 g/mol. The second-order valence-electron chi connectivity index (χ2n) is 7.85. The summed E-state index contributed by atoms with van der Waals surface area (Å²) in [5.74, 6) is 0.00847. The van der Waals surface area contributed by atoms with E-state index in [4.69, 9.17) is 10.8 Å². The van der Waals surface area contributed by atoms with Crippen LogP contribution < -0.4 is 16.4 Å². The highest BCUT2D eigenvalue weighted by Gasteiger charge is 2.16. The first-order valence-electron chi connectivity index (χ1n) is 9.83. The summed E-state index contributed by atoms with van der Waals surface area (Å²) in [6.07, 6.45) is 2.45. The average molecular weight is 406 g/mol. The lowest BCUT2D eigenvalue weighted by Gasteiger charge is -2.15. The van der Waals surface area contributed by atoms with Crippen molar-refractivity contribution in [1.82, 2.24) is 14.3 Å². The van der Waals surface area contributed by atoms with Crippen molar-refractivity contribution in [3.8, 4) is 0 Å². The molecule has 0 aliphatic heterocycles. The fourth-order valence-corrected chi connectivity index (χ4v) is 3.26. The van der Waals surface area contributed by atoms with Crippen molar-refractivity contribution in [2.45, 2.75) is 46.1 Å². The van der Waals surface area contributed by atoms with Crippen LogP contribution in [0.2, 0.25) is 0 Å². The van der Waals surface area contributed by atoms with Gasteiger partial charge < -0.3 is 5.32 Å². The van der Waals surface area contributed by atoms with Crippen molar-refractivity contribution in [2.24, 2.45) is 0 Å². The van der Waals surface area contributed by atoms with Crippen LogP contribution in [-0.4, -0.2) is 26.6 Å². The summed E-state index contributed by atoms with van der Waals surface area (Å²) < 4.78 is 2.46. The van der Waals surface area contributed by atoms with Crippen molar-refractivity contribution in [3.05, 3.63) is 63.6 Å². The fourth-order valence-electron chi connectivity index (χ4n) is 3.26. The number of nitrogens with zero attached hydrogens (tertiary/aromatic N) is 3. The SMILES string of the molecule is CC(C)c1ccc2c(=O)n(CC(=O)Nc3ccc(=N)n(C=N)c3)nc(C(C)C)c2c1. The molecule has 0 aliphatic carbocycles. The predicted molar refractivity (Wildman–Crippen MR) is 117 cm³/mol. The Kier molecular flexibility index (Phi) is 5.96. The largest absolute Gasteiger partial charge is 0.323 e. The predicted octanol–water partition coefficient (Wildman–Crippen LogP) is 3.02. The van der Waals surface area contributed by atoms with E-state index in [1.165, 1.54) is 21.5 Å². The number of nitrogens with one attached hydrogen (secondary N) is 3. The number of carbonyl (C=O) groups is 1. The average Bonchev–Trinajstić information content (AvgIpc) is 2.70. The Hall–Kier alpha value is -3.55. The summed E-state index contributed by atoms with van der Waals surface area (Å²) >= 11 is 0. The van der Waals surface area contributed by atoms with Crippen LogP contribution in [0.15, 0.2) is 41.3 Å². The molecule has 0 saturated heterocycles. The summed E-state index contributed by atoms with van der Waals surface area (Å²) in [7, 11) is 0. The van der Waals surface area contributed by atoms with Crippen LogP contribution in [0.5, 0.6) is 0 Å². The number of benzene rings is 1. The molecule has 3 N–H and O–H groups in total. The zero-order chi connectivity index (χ0) is 22.0. The van der Waals surface area contributed by atoms with Crippen molar-refractivity contribution < 1.29 is 4.79 Å². The number of aromatic nitrogens is 3. The van der Waals surface area contributed by atoms with Crippen molar-refractivity contribution in [2.75, 3.05) is 5.32 Å².